The smallest absolute Gasteiger partial charge is 0.230 e. The number of rotatable bonds is 1. The van der Waals surface area contributed by atoms with Crippen molar-refractivity contribution >= 4 is 5.91 Å². The van der Waals surface area contributed by atoms with Crippen LogP contribution in [0.25, 0.3) is 0 Å². The summed E-state index contributed by atoms with van der Waals surface area (Å²) in [5.74, 6) is 0.324. The molecule has 2 unspecified atom stereocenters. The van der Waals surface area contributed by atoms with Crippen LogP contribution >= 0.6 is 0 Å². The summed E-state index contributed by atoms with van der Waals surface area (Å²) in [7, 11) is 0. The maximum absolute atomic E-state index is 12.6. The van der Waals surface area contributed by atoms with Crippen LogP contribution in [0.1, 0.15) is 58.3 Å². The van der Waals surface area contributed by atoms with Crippen LogP contribution in [-0.4, -0.2) is 29.9 Å². The molecule has 1 aliphatic heterocycles. The highest BCUT2D eigenvalue weighted by molar-refractivity contribution is 5.83. The van der Waals surface area contributed by atoms with Crippen LogP contribution < -0.4 is 5.73 Å². The lowest BCUT2D eigenvalue weighted by molar-refractivity contribution is -0.142. The molecule has 1 saturated carbocycles. The topological polar surface area (TPSA) is 46.3 Å². The Morgan fingerprint density at radius 1 is 1.12 bits per heavy atom. The summed E-state index contributed by atoms with van der Waals surface area (Å²) < 4.78 is 0. The molecule has 0 aromatic rings. The molecular weight excluding hydrogens is 212 g/mol. The van der Waals surface area contributed by atoms with Gasteiger partial charge in [0, 0.05) is 19.1 Å². The van der Waals surface area contributed by atoms with E-state index in [1.807, 2.05) is 0 Å². The van der Waals surface area contributed by atoms with Crippen LogP contribution in [0.15, 0.2) is 0 Å². The highest BCUT2D eigenvalue weighted by Crippen LogP contribution is 2.38. The first kappa shape index (κ1) is 12.9. The fourth-order valence-corrected chi connectivity index (χ4v) is 3.27. The summed E-state index contributed by atoms with van der Waals surface area (Å²) in [4.78, 5) is 14.7. The van der Waals surface area contributed by atoms with Gasteiger partial charge in [-0.15, -0.1) is 0 Å². The number of carbonyl (C=O) groups is 1. The summed E-state index contributed by atoms with van der Waals surface area (Å²) >= 11 is 0. The molecule has 2 atom stereocenters. The minimum absolute atomic E-state index is 0.0699. The standard InChI is InChI=1S/C14H26N2O/c1-14(9-7-8-12(14)15)13(17)16-10-5-3-2-4-6-11-16/h12H,2-11,15H2,1H3. The van der Waals surface area contributed by atoms with Crippen molar-refractivity contribution in [2.75, 3.05) is 13.1 Å². The molecule has 0 aromatic carbocycles. The summed E-state index contributed by atoms with van der Waals surface area (Å²) in [6.45, 7) is 3.97. The SMILES string of the molecule is CC1(C(=O)N2CCCCCCC2)CCCC1N. The Hall–Kier alpha value is -0.570. The Balaban J connectivity index is 2.01. The lowest BCUT2D eigenvalue weighted by Crippen LogP contribution is -2.50. The molecule has 3 nitrogen and oxygen atoms in total. The third-order valence-electron chi connectivity index (χ3n) is 4.66. The molecule has 1 saturated heterocycles. The molecule has 1 heterocycles. The molecule has 2 N–H and O–H groups in total. The van der Waals surface area contributed by atoms with E-state index >= 15 is 0 Å². The second-order valence-corrected chi connectivity index (χ2v) is 5.98. The molecule has 2 rings (SSSR count). The van der Waals surface area contributed by atoms with Crippen molar-refractivity contribution in [3.8, 4) is 0 Å². The van der Waals surface area contributed by atoms with Crippen molar-refractivity contribution in [3.05, 3.63) is 0 Å². The molecule has 2 aliphatic rings. The van der Waals surface area contributed by atoms with Crippen LogP contribution in [0.5, 0.6) is 0 Å². The van der Waals surface area contributed by atoms with E-state index in [1.54, 1.807) is 0 Å². The molecule has 0 aromatic heterocycles. The van der Waals surface area contributed by atoms with E-state index in [4.69, 9.17) is 5.73 Å². The van der Waals surface area contributed by atoms with E-state index in [9.17, 15) is 4.79 Å². The largest absolute Gasteiger partial charge is 0.342 e. The van der Waals surface area contributed by atoms with Crippen LogP contribution in [0, 0.1) is 5.41 Å². The molecule has 17 heavy (non-hydrogen) atoms. The van der Waals surface area contributed by atoms with E-state index in [0.717, 1.165) is 45.2 Å². The van der Waals surface area contributed by atoms with Gasteiger partial charge in [-0.3, -0.25) is 4.79 Å². The number of hydrogen-bond donors (Lipinski definition) is 1. The first-order valence-corrected chi connectivity index (χ1v) is 7.19. The van der Waals surface area contributed by atoms with Gasteiger partial charge in [-0.1, -0.05) is 25.7 Å². The zero-order chi connectivity index (χ0) is 12.3. The van der Waals surface area contributed by atoms with E-state index in [1.165, 1.54) is 19.3 Å². The van der Waals surface area contributed by atoms with Crippen molar-refractivity contribution in [2.24, 2.45) is 11.1 Å². The lowest BCUT2D eigenvalue weighted by Gasteiger charge is -2.35. The van der Waals surface area contributed by atoms with Crippen LogP contribution in [-0.2, 0) is 4.79 Å². The van der Waals surface area contributed by atoms with Gasteiger partial charge in [0.25, 0.3) is 0 Å². The van der Waals surface area contributed by atoms with Gasteiger partial charge in [0.05, 0.1) is 5.41 Å². The third-order valence-corrected chi connectivity index (χ3v) is 4.66. The summed E-state index contributed by atoms with van der Waals surface area (Å²) in [6.07, 6.45) is 9.29. The minimum atomic E-state index is -0.279. The Morgan fingerprint density at radius 3 is 2.24 bits per heavy atom. The van der Waals surface area contributed by atoms with Gasteiger partial charge in [-0.05, 0) is 32.6 Å². The van der Waals surface area contributed by atoms with Crippen molar-refractivity contribution in [1.29, 1.82) is 0 Å². The summed E-state index contributed by atoms with van der Waals surface area (Å²) in [5, 5.41) is 0. The zero-order valence-corrected chi connectivity index (χ0v) is 11.1. The van der Waals surface area contributed by atoms with Gasteiger partial charge in [0.1, 0.15) is 0 Å². The number of likely N-dealkylation sites (tertiary alicyclic amines) is 1. The second kappa shape index (κ2) is 5.38. The average molecular weight is 238 g/mol. The average Bonchev–Trinajstić information content (AvgIpc) is 2.59. The maximum atomic E-state index is 12.6. The summed E-state index contributed by atoms with van der Waals surface area (Å²) in [6, 6.07) is 0.0699. The maximum Gasteiger partial charge on any atom is 0.230 e. The molecular formula is C14H26N2O. The number of amides is 1. The van der Waals surface area contributed by atoms with E-state index in [2.05, 4.69) is 11.8 Å². The monoisotopic (exact) mass is 238 g/mol. The highest BCUT2D eigenvalue weighted by Gasteiger charge is 2.44. The van der Waals surface area contributed by atoms with Crippen molar-refractivity contribution in [1.82, 2.24) is 4.90 Å². The minimum Gasteiger partial charge on any atom is -0.342 e. The predicted molar refractivity (Wildman–Crippen MR) is 69.6 cm³/mol. The van der Waals surface area contributed by atoms with Gasteiger partial charge in [0.15, 0.2) is 0 Å². The Bertz CT molecular complexity index is 271. The molecule has 98 valence electrons. The van der Waals surface area contributed by atoms with E-state index < -0.39 is 0 Å². The van der Waals surface area contributed by atoms with Crippen molar-refractivity contribution < 1.29 is 4.79 Å². The molecule has 0 radical (unpaired) electrons. The normalized spacial score (nSPS) is 35.4. The molecule has 2 fully saturated rings. The first-order valence-electron chi connectivity index (χ1n) is 7.19. The highest BCUT2D eigenvalue weighted by atomic mass is 16.2. The Kier molecular flexibility index (Phi) is 4.08. The molecule has 1 aliphatic carbocycles. The number of nitrogens with zero attached hydrogens (tertiary/aromatic N) is 1. The molecule has 3 heteroatoms. The lowest BCUT2D eigenvalue weighted by atomic mass is 9.83. The third kappa shape index (κ3) is 2.65. The van der Waals surface area contributed by atoms with Crippen molar-refractivity contribution in [2.45, 2.75) is 64.3 Å². The van der Waals surface area contributed by atoms with Crippen LogP contribution in [0.3, 0.4) is 0 Å². The second-order valence-electron chi connectivity index (χ2n) is 5.98. The predicted octanol–water partition coefficient (Wildman–Crippen LogP) is 2.30. The fourth-order valence-electron chi connectivity index (χ4n) is 3.27. The van der Waals surface area contributed by atoms with Gasteiger partial charge >= 0.3 is 0 Å². The zero-order valence-electron chi connectivity index (χ0n) is 11.1. The van der Waals surface area contributed by atoms with Gasteiger partial charge in [-0.25, -0.2) is 0 Å². The number of hydrogen-bond acceptors (Lipinski definition) is 2. The molecule has 0 spiro atoms. The summed E-state index contributed by atoms with van der Waals surface area (Å²) in [5.41, 5.74) is 5.86. The van der Waals surface area contributed by atoms with E-state index in [0.29, 0.717) is 5.91 Å². The Labute approximate surface area is 105 Å². The first-order chi connectivity index (χ1) is 8.14. The van der Waals surface area contributed by atoms with Gasteiger partial charge in [0.2, 0.25) is 5.91 Å². The van der Waals surface area contributed by atoms with Crippen LogP contribution in [0.4, 0.5) is 0 Å². The number of nitrogens with two attached hydrogens (primary N) is 1. The van der Waals surface area contributed by atoms with Crippen LogP contribution in [0.2, 0.25) is 0 Å². The fraction of sp³-hybridized carbons (Fsp3) is 0.929. The number of carbonyl (C=O) groups excluding carboxylic acids is 1. The Morgan fingerprint density at radius 2 is 1.71 bits per heavy atom. The molecule has 0 bridgehead atoms. The van der Waals surface area contributed by atoms with Crippen molar-refractivity contribution in [3.63, 3.8) is 0 Å². The van der Waals surface area contributed by atoms with E-state index in [-0.39, 0.29) is 11.5 Å². The molecule has 1 amide bonds. The quantitative estimate of drug-likeness (QED) is 0.762. The van der Waals surface area contributed by atoms with Gasteiger partial charge < -0.3 is 10.6 Å². The van der Waals surface area contributed by atoms with Gasteiger partial charge in [-0.2, -0.15) is 0 Å².